The SMILES string of the molecule is CNCCN(C)C(=O)c1ccc(Oc2cccc(Cl)c2Cl)nc1.Cl.Cl. The van der Waals surface area contributed by atoms with Crippen LogP contribution in [0.2, 0.25) is 10.0 Å². The number of ether oxygens (including phenoxy) is 1. The minimum atomic E-state index is -0.0971. The van der Waals surface area contributed by atoms with Gasteiger partial charge in [-0.05, 0) is 25.2 Å². The topological polar surface area (TPSA) is 54.5 Å². The van der Waals surface area contributed by atoms with Gasteiger partial charge in [0.1, 0.15) is 10.8 Å². The number of hydrogen-bond acceptors (Lipinski definition) is 4. The van der Waals surface area contributed by atoms with E-state index in [2.05, 4.69) is 10.3 Å². The first-order valence-corrected chi connectivity index (χ1v) is 7.76. The molecule has 0 aliphatic carbocycles. The van der Waals surface area contributed by atoms with Gasteiger partial charge in [-0.1, -0.05) is 29.3 Å². The molecular weight excluding hydrogens is 408 g/mol. The maximum atomic E-state index is 12.2. The van der Waals surface area contributed by atoms with Crippen molar-refractivity contribution >= 4 is 53.9 Å². The van der Waals surface area contributed by atoms with E-state index >= 15 is 0 Å². The number of amides is 1. The fourth-order valence-corrected chi connectivity index (χ4v) is 2.17. The predicted octanol–water partition coefficient (Wildman–Crippen LogP) is 4.32. The molecular formula is C16H19Cl4N3O2. The highest BCUT2D eigenvalue weighted by Crippen LogP contribution is 2.33. The first kappa shape index (κ1) is 23.8. The largest absolute Gasteiger partial charge is 0.437 e. The third-order valence-corrected chi connectivity index (χ3v) is 3.96. The third-order valence-electron chi connectivity index (χ3n) is 3.16. The molecule has 0 bridgehead atoms. The van der Waals surface area contributed by atoms with Crippen molar-refractivity contribution in [3.8, 4) is 11.6 Å². The van der Waals surface area contributed by atoms with Gasteiger partial charge in [-0.25, -0.2) is 4.98 Å². The van der Waals surface area contributed by atoms with Crippen molar-refractivity contribution in [1.29, 1.82) is 0 Å². The number of carbonyl (C=O) groups is 1. The van der Waals surface area contributed by atoms with Crippen LogP contribution in [0.4, 0.5) is 0 Å². The zero-order valence-corrected chi connectivity index (χ0v) is 16.8. The third kappa shape index (κ3) is 6.53. The van der Waals surface area contributed by atoms with Gasteiger partial charge in [-0.2, -0.15) is 0 Å². The average Bonchev–Trinajstić information content (AvgIpc) is 2.57. The van der Waals surface area contributed by atoms with Crippen LogP contribution in [0.25, 0.3) is 0 Å². The maximum Gasteiger partial charge on any atom is 0.255 e. The lowest BCUT2D eigenvalue weighted by Gasteiger charge is -2.16. The van der Waals surface area contributed by atoms with E-state index < -0.39 is 0 Å². The van der Waals surface area contributed by atoms with Gasteiger partial charge in [-0.15, -0.1) is 24.8 Å². The molecule has 25 heavy (non-hydrogen) atoms. The highest BCUT2D eigenvalue weighted by Gasteiger charge is 2.12. The van der Waals surface area contributed by atoms with E-state index in [0.717, 1.165) is 6.54 Å². The van der Waals surface area contributed by atoms with Gasteiger partial charge >= 0.3 is 0 Å². The molecule has 0 aliphatic heterocycles. The Morgan fingerprint density at radius 2 is 1.96 bits per heavy atom. The molecule has 0 aliphatic rings. The molecule has 2 rings (SSSR count). The van der Waals surface area contributed by atoms with Crippen molar-refractivity contribution in [2.75, 3.05) is 27.2 Å². The Bertz CT molecular complexity index is 684. The summed E-state index contributed by atoms with van der Waals surface area (Å²) < 4.78 is 5.59. The van der Waals surface area contributed by atoms with Crippen LogP contribution in [0.1, 0.15) is 10.4 Å². The van der Waals surface area contributed by atoms with Gasteiger partial charge in [0.2, 0.25) is 5.88 Å². The Labute approximate surface area is 169 Å². The molecule has 1 aromatic carbocycles. The van der Waals surface area contributed by atoms with Gasteiger partial charge in [0, 0.05) is 32.4 Å². The van der Waals surface area contributed by atoms with E-state index in [1.807, 2.05) is 7.05 Å². The summed E-state index contributed by atoms with van der Waals surface area (Å²) in [6.45, 7) is 1.34. The van der Waals surface area contributed by atoms with Crippen molar-refractivity contribution in [2.24, 2.45) is 0 Å². The quantitative estimate of drug-likeness (QED) is 0.747. The first-order chi connectivity index (χ1) is 11.0. The summed E-state index contributed by atoms with van der Waals surface area (Å²) in [6, 6.07) is 8.39. The molecule has 0 unspecified atom stereocenters. The Hall–Kier alpha value is -1.24. The van der Waals surface area contributed by atoms with Crippen LogP contribution in [0.15, 0.2) is 36.5 Å². The van der Waals surface area contributed by atoms with Crippen LogP contribution in [-0.4, -0.2) is 43.0 Å². The molecule has 138 valence electrons. The predicted molar refractivity (Wildman–Crippen MR) is 106 cm³/mol. The zero-order chi connectivity index (χ0) is 16.8. The lowest BCUT2D eigenvalue weighted by molar-refractivity contribution is 0.0796. The molecule has 0 saturated carbocycles. The number of rotatable bonds is 6. The molecule has 1 heterocycles. The molecule has 0 fully saturated rings. The molecule has 0 radical (unpaired) electrons. The van der Waals surface area contributed by atoms with E-state index in [0.29, 0.717) is 33.8 Å². The van der Waals surface area contributed by atoms with Gasteiger partial charge in [0.25, 0.3) is 5.91 Å². The molecule has 0 spiro atoms. The molecule has 0 saturated heterocycles. The van der Waals surface area contributed by atoms with Crippen LogP contribution in [0.3, 0.4) is 0 Å². The Morgan fingerprint density at radius 3 is 2.56 bits per heavy atom. The van der Waals surface area contributed by atoms with E-state index in [9.17, 15) is 4.79 Å². The summed E-state index contributed by atoms with van der Waals surface area (Å²) in [6.07, 6.45) is 1.48. The minimum absolute atomic E-state index is 0. The average molecular weight is 427 g/mol. The number of benzene rings is 1. The second kappa shape index (κ2) is 11.4. The van der Waals surface area contributed by atoms with Crippen LogP contribution >= 0.6 is 48.0 Å². The second-order valence-electron chi connectivity index (χ2n) is 4.87. The molecule has 1 amide bonds. The van der Waals surface area contributed by atoms with Crippen molar-refractivity contribution in [3.63, 3.8) is 0 Å². The Morgan fingerprint density at radius 1 is 1.24 bits per heavy atom. The summed E-state index contributed by atoms with van der Waals surface area (Å²) in [5, 5.41) is 3.73. The van der Waals surface area contributed by atoms with Crippen LogP contribution in [0, 0.1) is 0 Å². The van der Waals surface area contributed by atoms with Gasteiger partial charge < -0.3 is 15.0 Å². The lowest BCUT2D eigenvalue weighted by atomic mass is 10.2. The lowest BCUT2D eigenvalue weighted by Crippen LogP contribution is -2.32. The van der Waals surface area contributed by atoms with Crippen molar-refractivity contribution in [3.05, 3.63) is 52.1 Å². The van der Waals surface area contributed by atoms with E-state index in [1.54, 1.807) is 42.3 Å². The maximum absolute atomic E-state index is 12.2. The number of hydrogen-bond donors (Lipinski definition) is 1. The van der Waals surface area contributed by atoms with Crippen molar-refractivity contribution in [1.82, 2.24) is 15.2 Å². The number of carbonyl (C=O) groups excluding carboxylic acids is 1. The smallest absolute Gasteiger partial charge is 0.255 e. The Balaban J connectivity index is 0.00000288. The van der Waals surface area contributed by atoms with E-state index in [-0.39, 0.29) is 30.7 Å². The summed E-state index contributed by atoms with van der Waals surface area (Å²) >= 11 is 12.0. The molecule has 5 nitrogen and oxygen atoms in total. The number of nitrogens with one attached hydrogen (secondary N) is 1. The monoisotopic (exact) mass is 425 g/mol. The van der Waals surface area contributed by atoms with Crippen LogP contribution < -0.4 is 10.1 Å². The fourth-order valence-electron chi connectivity index (χ4n) is 1.84. The van der Waals surface area contributed by atoms with Crippen molar-refractivity contribution < 1.29 is 9.53 Å². The van der Waals surface area contributed by atoms with Gasteiger partial charge in [0.15, 0.2) is 0 Å². The first-order valence-electron chi connectivity index (χ1n) is 7.01. The highest BCUT2D eigenvalue weighted by atomic mass is 35.5. The summed E-state index contributed by atoms with van der Waals surface area (Å²) in [5.41, 5.74) is 0.494. The number of likely N-dealkylation sites (N-methyl/N-ethyl adjacent to an activating group) is 2. The molecule has 1 N–H and O–H groups in total. The normalized spacial score (nSPS) is 9.60. The molecule has 2 aromatic rings. The highest BCUT2D eigenvalue weighted by molar-refractivity contribution is 6.42. The Kier molecular flexibility index (Phi) is 10.8. The molecule has 9 heteroatoms. The van der Waals surface area contributed by atoms with Gasteiger partial charge in [0.05, 0.1) is 10.6 Å². The summed E-state index contributed by atoms with van der Waals surface area (Å²) in [7, 11) is 3.59. The van der Waals surface area contributed by atoms with Crippen LogP contribution in [0.5, 0.6) is 11.6 Å². The standard InChI is InChI=1S/C16H17Cl2N3O2.2ClH/c1-19-8-9-21(2)16(22)11-6-7-14(20-10-11)23-13-5-3-4-12(17)15(13)18;;/h3-7,10,19H,8-9H2,1-2H3;2*1H. The molecule has 1 aromatic heterocycles. The number of pyridine rings is 1. The van der Waals surface area contributed by atoms with Crippen molar-refractivity contribution in [2.45, 2.75) is 0 Å². The van der Waals surface area contributed by atoms with Gasteiger partial charge in [-0.3, -0.25) is 4.79 Å². The fraction of sp³-hybridized carbons (Fsp3) is 0.250. The number of halogens is 4. The number of nitrogens with zero attached hydrogens (tertiary/aromatic N) is 2. The second-order valence-corrected chi connectivity index (χ2v) is 5.65. The van der Waals surface area contributed by atoms with E-state index in [1.165, 1.54) is 6.20 Å². The van der Waals surface area contributed by atoms with E-state index in [4.69, 9.17) is 27.9 Å². The molecule has 0 atom stereocenters. The van der Waals surface area contributed by atoms with Crippen LogP contribution in [-0.2, 0) is 0 Å². The zero-order valence-electron chi connectivity index (χ0n) is 13.7. The summed E-state index contributed by atoms with van der Waals surface area (Å²) in [4.78, 5) is 18.0. The summed E-state index contributed by atoms with van der Waals surface area (Å²) in [5.74, 6) is 0.653. The minimum Gasteiger partial charge on any atom is -0.437 e. The number of aromatic nitrogens is 1.